The van der Waals surface area contributed by atoms with E-state index in [-0.39, 0.29) is 12.3 Å². The first kappa shape index (κ1) is 14.3. The van der Waals surface area contributed by atoms with Gasteiger partial charge < -0.3 is 9.64 Å². The number of methoxy groups -OCH3 is 1. The van der Waals surface area contributed by atoms with Crippen LogP contribution >= 0.6 is 0 Å². The number of ether oxygens (including phenoxy) is 1. The molecule has 3 rings (SSSR count). The maximum atomic E-state index is 12.6. The number of benzene rings is 1. The van der Waals surface area contributed by atoms with Crippen LogP contribution in [0.3, 0.4) is 0 Å². The molecule has 0 fully saturated rings. The maximum Gasteiger partial charge on any atom is 0.233 e. The second-order valence-electron chi connectivity index (χ2n) is 4.97. The molecule has 0 spiro atoms. The summed E-state index contributed by atoms with van der Waals surface area (Å²) in [7, 11) is 1.61. The molecule has 0 unspecified atom stereocenters. The highest BCUT2D eigenvalue weighted by Crippen LogP contribution is 2.35. The molecule has 1 aromatic heterocycles. The lowest BCUT2D eigenvalue weighted by atomic mass is 10.1. The van der Waals surface area contributed by atoms with Crippen LogP contribution < -0.4 is 9.64 Å². The fourth-order valence-corrected chi connectivity index (χ4v) is 2.55. The van der Waals surface area contributed by atoms with E-state index in [0.29, 0.717) is 12.3 Å². The van der Waals surface area contributed by atoms with Crippen molar-refractivity contribution < 1.29 is 9.53 Å². The summed E-state index contributed by atoms with van der Waals surface area (Å²) in [5.41, 5.74) is 3.16. The molecular weight excluding hydrogens is 278 g/mol. The van der Waals surface area contributed by atoms with Crippen LogP contribution in [0.25, 0.3) is 0 Å². The fourth-order valence-electron chi connectivity index (χ4n) is 2.55. The van der Waals surface area contributed by atoms with Gasteiger partial charge in [-0.25, -0.2) is 0 Å². The first-order valence-corrected chi connectivity index (χ1v) is 7.19. The van der Waals surface area contributed by atoms with E-state index in [1.54, 1.807) is 24.4 Å². The third-order valence-electron chi connectivity index (χ3n) is 3.66. The third kappa shape index (κ3) is 2.57. The van der Waals surface area contributed by atoms with Crippen molar-refractivity contribution in [3.63, 3.8) is 0 Å². The van der Waals surface area contributed by atoms with E-state index in [9.17, 15) is 4.79 Å². The van der Waals surface area contributed by atoms with Crippen molar-refractivity contribution in [2.75, 3.05) is 18.6 Å². The van der Waals surface area contributed by atoms with Crippen molar-refractivity contribution in [3.05, 3.63) is 48.3 Å². The average molecular weight is 295 g/mol. The normalized spacial score (nSPS) is 14.2. The smallest absolute Gasteiger partial charge is 0.233 e. The van der Waals surface area contributed by atoms with Crippen molar-refractivity contribution in [2.24, 2.45) is 4.99 Å². The molecule has 0 bridgehead atoms. The summed E-state index contributed by atoms with van der Waals surface area (Å²) >= 11 is 0. The third-order valence-corrected chi connectivity index (χ3v) is 3.66. The molecule has 0 atom stereocenters. The molecule has 1 aromatic carbocycles. The van der Waals surface area contributed by atoms with E-state index < -0.39 is 0 Å². The molecule has 0 radical (unpaired) electrons. The summed E-state index contributed by atoms with van der Waals surface area (Å²) in [6.45, 7) is 2.55. The predicted octanol–water partition coefficient (Wildman–Crippen LogP) is 2.97. The summed E-state index contributed by atoms with van der Waals surface area (Å²) in [4.78, 5) is 23.1. The first-order valence-electron chi connectivity index (χ1n) is 7.19. The van der Waals surface area contributed by atoms with Crippen molar-refractivity contribution in [1.82, 2.24) is 4.98 Å². The minimum Gasteiger partial charge on any atom is -0.497 e. The minimum atomic E-state index is 0.0251. The van der Waals surface area contributed by atoms with Crippen LogP contribution in [-0.4, -0.2) is 30.3 Å². The van der Waals surface area contributed by atoms with Gasteiger partial charge in [-0.3, -0.25) is 14.8 Å². The van der Waals surface area contributed by atoms with E-state index in [4.69, 9.17) is 9.73 Å². The standard InChI is InChI=1S/C17H17N3O2/c1-3-20-16-9-13(22-2)6-7-14(16)19-15(10-17(20)21)12-5-4-8-18-11-12/h4-9,11H,3,10H2,1-2H3. The zero-order valence-electron chi connectivity index (χ0n) is 12.6. The van der Waals surface area contributed by atoms with Crippen molar-refractivity contribution in [1.29, 1.82) is 0 Å². The second-order valence-corrected chi connectivity index (χ2v) is 4.97. The van der Waals surface area contributed by atoms with Gasteiger partial charge in [-0.05, 0) is 25.1 Å². The summed E-state index contributed by atoms with van der Waals surface area (Å²) < 4.78 is 5.26. The monoisotopic (exact) mass is 295 g/mol. The molecule has 2 heterocycles. The summed E-state index contributed by atoms with van der Waals surface area (Å²) in [5, 5.41) is 0. The Morgan fingerprint density at radius 1 is 1.32 bits per heavy atom. The number of amides is 1. The van der Waals surface area contributed by atoms with E-state index in [2.05, 4.69) is 4.98 Å². The Morgan fingerprint density at radius 2 is 2.18 bits per heavy atom. The van der Waals surface area contributed by atoms with Crippen LogP contribution in [0, 0.1) is 0 Å². The van der Waals surface area contributed by atoms with Crippen LogP contribution in [0.15, 0.2) is 47.7 Å². The predicted molar refractivity (Wildman–Crippen MR) is 86.1 cm³/mol. The van der Waals surface area contributed by atoms with Crippen LogP contribution in [0.4, 0.5) is 11.4 Å². The van der Waals surface area contributed by atoms with E-state index in [1.807, 2.05) is 37.3 Å². The highest BCUT2D eigenvalue weighted by molar-refractivity contribution is 6.17. The van der Waals surface area contributed by atoms with Crippen LogP contribution in [0.1, 0.15) is 18.9 Å². The molecular formula is C17H17N3O2. The number of nitrogens with zero attached hydrogens (tertiary/aromatic N) is 3. The van der Waals surface area contributed by atoms with Gasteiger partial charge in [-0.1, -0.05) is 6.07 Å². The molecule has 0 aliphatic carbocycles. The lowest BCUT2D eigenvalue weighted by Crippen LogP contribution is -2.31. The number of carbonyl (C=O) groups excluding carboxylic acids is 1. The number of aromatic nitrogens is 1. The zero-order chi connectivity index (χ0) is 15.5. The topological polar surface area (TPSA) is 54.8 Å². The van der Waals surface area contributed by atoms with Gasteiger partial charge in [0.1, 0.15) is 5.75 Å². The van der Waals surface area contributed by atoms with Gasteiger partial charge in [-0.2, -0.15) is 0 Å². The molecule has 5 heteroatoms. The van der Waals surface area contributed by atoms with Crippen LogP contribution in [-0.2, 0) is 4.79 Å². The largest absolute Gasteiger partial charge is 0.497 e. The summed E-state index contributed by atoms with van der Waals surface area (Å²) in [5.74, 6) is 0.738. The number of fused-ring (bicyclic) bond motifs is 1. The van der Waals surface area contributed by atoms with E-state index in [1.165, 1.54) is 0 Å². The van der Waals surface area contributed by atoms with E-state index >= 15 is 0 Å². The highest BCUT2D eigenvalue weighted by Gasteiger charge is 2.24. The Kier molecular flexibility index (Phi) is 3.87. The summed E-state index contributed by atoms with van der Waals surface area (Å²) in [6, 6.07) is 9.36. The molecule has 0 saturated carbocycles. The summed E-state index contributed by atoms with van der Waals surface area (Å²) in [6.07, 6.45) is 3.70. The number of carbonyl (C=O) groups is 1. The second kappa shape index (κ2) is 5.97. The van der Waals surface area contributed by atoms with Crippen molar-refractivity contribution in [2.45, 2.75) is 13.3 Å². The molecule has 5 nitrogen and oxygen atoms in total. The van der Waals surface area contributed by atoms with Gasteiger partial charge >= 0.3 is 0 Å². The number of pyridine rings is 1. The molecule has 0 saturated heterocycles. The minimum absolute atomic E-state index is 0.0251. The number of aliphatic imine (C=N–C) groups is 1. The Morgan fingerprint density at radius 3 is 2.86 bits per heavy atom. The zero-order valence-corrected chi connectivity index (χ0v) is 12.6. The molecule has 1 aliphatic heterocycles. The van der Waals surface area contributed by atoms with Crippen molar-refractivity contribution >= 4 is 23.0 Å². The molecule has 0 N–H and O–H groups in total. The van der Waals surface area contributed by atoms with Crippen LogP contribution in [0.2, 0.25) is 0 Å². The average Bonchev–Trinajstić information content (AvgIpc) is 2.70. The lowest BCUT2D eigenvalue weighted by molar-refractivity contribution is -0.117. The fraction of sp³-hybridized carbons (Fsp3) is 0.235. The molecule has 22 heavy (non-hydrogen) atoms. The highest BCUT2D eigenvalue weighted by atomic mass is 16.5. The Hall–Kier alpha value is -2.69. The quantitative estimate of drug-likeness (QED) is 0.874. The van der Waals surface area contributed by atoms with Gasteiger partial charge in [0.05, 0.1) is 30.6 Å². The molecule has 1 aliphatic rings. The van der Waals surface area contributed by atoms with Gasteiger partial charge in [-0.15, -0.1) is 0 Å². The Balaban J connectivity index is 2.13. The van der Waals surface area contributed by atoms with Crippen LogP contribution in [0.5, 0.6) is 5.75 Å². The molecule has 1 amide bonds. The SMILES string of the molecule is CCN1C(=O)CC(c2cccnc2)=Nc2ccc(OC)cc21. The maximum absolute atomic E-state index is 12.6. The van der Waals surface area contributed by atoms with Gasteiger partial charge in [0.15, 0.2) is 0 Å². The number of rotatable bonds is 3. The Bertz CT molecular complexity index is 726. The number of anilines is 1. The number of hydrogen-bond acceptors (Lipinski definition) is 4. The van der Waals surface area contributed by atoms with Gasteiger partial charge in [0.2, 0.25) is 5.91 Å². The number of hydrogen-bond donors (Lipinski definition) is 0. The molecule has 2 aromatic rings. The first-order chi connectivity index (χ1) is 10.7. The molecule has 112 valence electrons. The lowest BCUT2D eigenvalue weighted by Gasteiger charge is -2.20. The Labute approximate surface area is 129 Å². The van der Waals surface area contributed by atoms with Gasteiger partial charge in [0, 0.05) is 30.6 Å². The van der Waals surface area contributed by atoms with E-state index in [0.717, 1.165) is 22.6 Å². The van der Waals surface area contributed by atoms with Crippen molar-refractivity contribution in [3.8, 4) is 5.75 Å². The van der Waals surface area contributed by atoms with Gasteiger partial charge in [0.25, 0.3) is 0 Å².